The van der Waals surface area contributed by atoms with Crippen LogP contribution in [0.3, 0.4) is 0 Å². The number of thiazole rings is 1. The van der Waals surface area contributed by atoms with E-state index in [9.17, 15) is 9.18 Å². The van der Waals surface area contributed by atoms with Crippen molar-refractivity contribution in [2.45, 2.75) is 19.4 Å². The number of para-hydroxylation sites is 1. The lowest BCUT2D eigenvalue weighted by molar-refractivity contribution is 0.0928. The molecule has 1 amide bonds. The number of aromatic nitrogens is 1. The van der Waals surface area contributed by atoms with Gasteiger partial charge < -0.3 is 10.1 Å². The first-order chi connectivity index (χ1) is 12.6. The van der Waals surface area contributed by atoms with Crippen LogP contribution in [-0.2, 0) is 0 Å². The van der Waals surface area contributed by atoms with E-state index in [-0.39, 0.29) is 17.8 Å². The highest BCUT2D eigenvalue weighted by atomic mass is 32.1. The zero-order valence-electron chi connectivity index (χ0n) is 14.2. The number of carbonyl (C=O) groups excluding carboxylic acids is 1. The van der Waals surface area contributed by atoms with Crippen molar-refractivity contribution in [2.24, 2.45) is 0 Å². The van der Waals surface area contributed by atoms with Crippen molar-refractivity contribution in [2.75, 3.05) is 6.61 Å². The first-order valence-electron chi connectivity index (χ1n) is 8.38. The Balaban J connectivity index is 1.57. The van der Waals surface area contributed by atoms with E-state index in [2.05, 4.69) is 10.3 Å². The van der Waals surface area contributed by atoms with Crippen LogP contribution in [0.15, 0.2) is 48.5 Å². The molecule has 0 saturated carbocycles. The fourth-order valence-corrected chi connectivity index (χ4v) is 4.01. The zero-order valence-corrected chi connectivity index (χ0v) is 15.0. The molecule has 2 aromatic carbocycles. The third-order valence-corrected chi connectivity index (χ3v) is 5.56. The Kier molecular flexibility index (Phi) is 4.42. The molecule has 1 aliphatic rings. The van der Waals surface area contributed by atoms with Gasteiger partial charge in [-0.25, -0.2) is 9.37 Å². The van der Waals surface area contributed by atoms with Crippen LogP contribution in [0.1, 0.15) is 33.4 Å². The van der Waals surface area contributed by atoms with Gasteiger partial charge in [0.05, 0.1) is 18.3 Å². The summed E-state index contributed by atoms with van der Waals surface area (Å²) in [6.07, 6.45) is 0.728. The predicted molar refractivity (Wildman–Crippen MR) is 99.0 cm³/mol. The molecule has 0 saturated heterocycles. The molecule has 0 bridgehead atoms. The smallest absolute Gasteiger partial charge is 0.263 e. The van der Waals surface area contributed by atoms with Gasteiger partial charge in [0.2, 0.25) is 0 Å². The lowest BCUT2D eigenvalue weighted by Crippen LogP contribution is -2.32. The molecule has 1 aliphatic heterocycles. The number of ether oxygens (including phenoxy) is 1. The quantitative estimate of drug-likeness (QED) is 0.740. The van der Waals surface area contributed by atoms with Gasteiger partial charge in [-0.1, -0.05) is 18.2 Å². The summed E-state index contributed by atoms with van der Waals surface area (Å²) >= 11 is 1.32. The number of nitrogens with zero attached hydrogens (tertiary/aromatic N) is 1. The third kappa shape index (κ3) is 3.20. The predicted octanol–water partition coefficient (Wildman–Crippen LogP) is 4.51. The standard InChI is InChI=1S/C20H17FN2O2S/c1-12-18(26-20(22-12)13-6-8-14(21)9-7-13)19(24)23-16-10-11-25-17-5-3-2-4-15(16)17/h2-9,16H,10-11H2,1H3,(H,23,24)/t16-/m1/s1. The van der Waals surface area contributed by atoms with Crippen LogP contribution in [0, 0.1) is 12.7 Å². The molecule has 1 aromatic heterocycles. The number of halogens is 1. The molecule has 26 heavy (non-hydrogen) atoms. The number of nitrogens with one attached hydrogen (secondary N) is 1. The van der Waals surface area contributed by atoms with Crippen molar-refractivity contribution in [1.82, 2.24) is 10.3 Å². The second-order valence-corrected chi connectivity index (χ2v) is 7.14. The zero-order chi connectivity index (χ0) is 18.1. The highest BCUT2D eigenvalue weighted by molar-refractivity contribution is 7.17. The van der Waals surface area contributed by atoms with Crippen molar-refractivity contribution in [1.29, 1.82) is 0 Å². The number of rotatable bonds is 3. The molecule has 0 aliphatic carbocycles. The number of hydrogen-bond donors (Lipinski definition) is 1. The van der Waals surface area contributed by atoms with Crippen LogP contribution in [0.25, 0.3) is 10.6 Å². The summed E-state index contributed by atoms with van der Waals surface area (Å²) in [6, 6.07) is 13.8. The Morgan fingerprint density at radius 2 is 2.00 bits per heavy atom. The summed E-state index contributed by atoms with van der Waals surface area (Å²) in [5, 5.41) is 3.81. The van der Waals surface area contributed by atoms with Crippen LogP contribution >= 0.6 is 11.3 Å². The van der Waals surface area contributed by atoms with Gasteiger partial charge in [0, 0.05) is 17.5 Å². The molecule has 6 heteroatoms. The molecule has 1 N–H and O–H groups in total. The average molecular weight is 368 g/mol. The molecule has 4 rings (SSSR count). The maximum Gasteiger partial charge on any atom is 0.263 e. The third-order valence-electron chi connectivity index (χ3n) is 4.36. The van der Waals surface area contributed by atoms with E-state index in [1.165, 1.54) is 23.5 Å². The Morgan fingerprint density at radius 3 is 2.81 bits per heavy atom. The highest BCUT2D eigenvalue weighted by Gasteiger charge is 2.25. The molecule has 3 aromatic rings. The second-order valence-electron chi connectivity index (χ2n) is 6.14. The number of fused-ring (bicyclic) bond motifs is 1. The number of benzene rings is 2. The number of aryl methyl sites for hydroxylation is 1. The monoisotopic (exact) mass is 368 g/mol. The minimum absolute atomic E-state index is 0.0804. The highest BCUT2D eigenvalue weighted by Crippen LogP contribution is 2.33. The topological polar surface area (TPSA) is 51.2 Å². The maximum absolute atomic E-state index is 13.1. The van der Waals surface area contributed by atoms with Crippen molar-refractivity contribution < 1.29 is 13.9 Å². The average Bonchev–Trinajstić information content (AvgIpc) is 3.04. The lowest BCUT2D eigenvalue weighted by atomic mass is 10.0. The summed E-state index contributed by atoms with van der Waals surface area (Å²) in [5.41, 5.74) is 2.47. The van der Waals surface area contributed by atoms with Crippen LogP contribution in [0.4, 0.5) is 4.39 Å². The van der Waals surface area contributed by atoms with Crippen LogP contribution in [-0.4, -0.2) is 17.5 Å². The van der Waals surface area contributed by atoms with Gasteiger partial charge in [-0.3, -0.25) is 4.79 Å². The fourth-order valence-electron chi connectivity index (χ4n) is 3.04. The first-order valence-corrected chi connectivity index (χ1v) is 9.19. The van der Waals surface area contributed by atoms with Crippen molar-refractivity contribution in [3.05, 3.63) is 70.5 Å². The SMILES string of the molecule is Cc1nc(-c2ccc(F)cc2)sc1C(=O)N[C@@H]1CCOc2ccccc21. The molecule has 0 unspecified atom stereocenters. The van der Waals surface area contributed by atoms with Crippen molar-refractivity contribution >= 4 is 17.2 Å². The Labute approximate surface area is 154 Å². The molecule has 0 spiro atoms. The van der Waals surface area contributed by atoms with E-state index >= 15 is 0 Å². The van der Waals surface area contributed by atoms with Crippen LogP contribution in [0.5, 0.6) is 5.75 Å². The molecule has 1 atom stereocenters. The van der Waals surface area contributed by atoms with E-state index in [1.54, 1.807) is 12.1 Å². The molecular weight excluding hydrogens is 351 g/mol. The maximum atomic E-state index is 13.1. The molecule has 4 nitrogen and oxygen atoms in total. The number of hydrogen-bond acceptors (Lipinski definition) is 4. The second kappa shape index (κ2) is 6.88. The van der Waals surface area contributed by atoms with Gasteiger partial charge in [0.15, 0.2) is 0 Å². The Hall–Kier alpha value is -2.73. The summed E-state index contributed by atoms with van der Waals surface area (Å²) < 4.78 is 18.8. The summed E-state index contributed by atoms with van der Waals surface area (Å²) in [7, 11) is 0. The number of amides is 1. The van der Waals surface area contributed by atoms with Gasteiger partial charge in [-0.2, -0.15) is 0 Å². The van der Waals surface area contributed by atoms with Crippen molar-refractivity contribution in [3.8, 4) is 16.3 Å². The Bertz CT molecular complexity index is 953. The Morgan fingerprint density at radius 1 is 1.23 bits per heavy atom. The molecule has 2 heterocycles. The molecular formula is C20H17FN2O2S. The summed E-state index contributed by atoms with van der Waals surface area (Å²) in [4.78, 5) is 17.9. The van der Waals surface area contributed by atoms with E-state index in [0.717, 1.165) is 23.3 Å². The largest absolute Gasteiger partial charge is 0.493 e. The van der Waals surface area contributed by atoms with Gasteiger partial charge in [0.1, 0.15) is 21.5 Å². The van der Waals surface area contributed by atoms with E-state index in [0.29, 0.717) is 22.2 Å². The van der Waals surface area contributed by atoms with Crippen LogP contribution in [0.2, 0.25) is 0 Å². The summed E-state index contributed by atoms with van der Waals surface area (Å²) in [6.45, 7) is 2.39. The minimum Gasteiger partial charge on any atom is -0.493 e. The van der Waals surface area contributed by atoms with Crippen molar-refractivity contribution in [3.63, 3.8) is 0 Å². The van der Waals surface area contributed by atoms with Gasteiger partial charge in [0.25, 0.3) is 5.91 Å². The molecule has 0 radical (unpaired) electrons. The minimum atomic E-state index is -0.293. The summed E-state index contributed by atoms with van der Waals surface area (Å²) in [5.74, 6) is 0.380. The molecule has 0 fully saturated rings. The number of carbonyl (C=O) groups is 1. The van der Waals surface area contributed by atoms with Gasteiger partial charge in [-0.15, -0.1) is 11.3 Å². The van der Waals surface area contributed by atoms with Crippen LogP contribution < -0.4 is 10.1 Å². The first kappa shape index (κ1) is 16.7. The van der Waals surface area contributed by atoms with E-state index in [1.807, 2.05) is 31.2 Å². The van der Waals surface area contributed by atoms with Gasteiger partial charge >= 0.3 is 0 Å². The lowest BCUT2D eigenvalue weighted by Gasteiger charge is -2.26. The van der Waals surface area contributed by atoms with E-state index < -0.39 is 0 Å². The fraction of sp³-hybridized carbons (Fsp3) is 0.200. The van der Waals surface area contributed by atoms with E-state index in [4.69, 9.17) is 4.74 Å². The normalized spacial score (nSPS) is 15.8. The molecule has 132 valence electrons. The van der Waals surface area contributed by atoms with Gasteiger partial charge in [-0.05, 0) is 37.3 Å².